The lowest BCUT2D eigenvalue weighted by Crippen LogP contribution is -2.46. The number of carbonyl (C=O) groups is 1. The molecule has 2 aromatic rings. The Morgan fingerprint density at radius 2 is 1.79 bits per heavy atom. The van der Waals surface area contributed by atoms with Crippen LogP contribution in [0.3, 0.4) is 0 Å². The molecule has 10 heteroatoms. The molecule has 5 rings (SSSR count). The van der Waals surface area contributed by atoms with Crippen molar-refractivity contribution in [2.24, 2.45) is 11.1 Å². The van der Waals surface area contributed by atoms with Crippen molar-refractivity contribution in [3.63, 3.8) is 0 Å². The van der Waals surface area contributed by atoms with E-state index in [2.05, 4.69) is 38.5 Å². The van der Waals surface area contributed by atoms with Crippen LogP contribution in [0.1, 0.15) is 61.6 Å². The molecule has 4 N–H and O–H groups in total. The number of benzene rings is 1. The highest BCUT2D eigenvalue weighted by Gasteiger charge is 2.37. The van der Waals surface area contributed by atoms with E-state index in [9.17, 15) is 4.79 Å². The van der Waals surface area contributed by atoms with Crippen LogP contribution in [0.15, 0.2) is 18.2 Å². The summed E-state index contributed by atoms with van der Waals surface area (Å²) in [5, 5.41) is 6.81. The van der Waals surface area contributed by atoms with Gasteiger partial charge in [0.05, 0.1) is 18.5 Å². The van der Waals surface area contributed by atoms with Crippen LogP contribution in [-0.4, -0.2) is 80.4 Å². The number of amides is 1. The maximum absolute atomic E-state index is 12.3. The molecule has 0 saturated carbocycles. The molecule has 3 aliphatic heterocycles. The van der Waals surface area contributed by atoms with Gasteiger partial charge in [0, 0.05) is 44.1 Å². The first-order valence-corrected chi connectivity index (χ1v) is 14.3. The number of ether oxygens (including phenoxy) is 2. The van der Waals surface area contributed by atoms with Crippen molar-refractivity contribution in [3.05, 3.63) is 29.6 Å². The van der Waals surface area contributed by atoms with Crippen LogP contribution >= 0.6 is 0 Å². The smallest absolute Gasteiger partial charge is 0.271 e. The van der Waals surface area contributed by atoms with Crippen molar-refractivity contribution < 1.29 is 14.3 Å². The van der Waals surface area contributed by atoms with Gasteiger partial charge in [-0.3, -0.25) is 4.79 Å². The molecule has 3 aliphatic rings. The van der Waals surface area contributed by atoms with E-state index in [4.69, 9.17) is 20.2 Å². The molecule has 0 bridgehead atoms. The first kappa shape index (κ1) is 27.5. The van der Waals surface area contributed by atoms with Gasteiger partial charge in [-0.1, -0.05) is 6.92 Å². The summed E-state index contributed by atoms with van der Waals surface area (Å²) in [7, 11) is 3.92. The Balaban J connectivity index is 1.34. The summed E-state index contributed by atoms with van der Waals surface area (Å²) in [4.78, 5) is 26.6. The Kier molecular flexibility index (Phi) is 8.42. The van der Waals surface area contributed by atoms with Gasteiger partial charge in [0.25, 0.3) is 5.91 Å². The quantitative estimate of drug-likeness (QED) is 0.462. The molecule has 3 fully saturated rings. The summed E-state index contributed by atoms with van der Waals surface area (Å²) in [6, 6.07) is 6.31. The Hall–Kier alpha value is -3.11. The lowest BCUT2D eigenvalue weighted by molar-refractivity contribution is 0.0903. The summed E-state index contributed by atoms with van der Waals surface area (Å²) in [6.07, 6.45) is 7.46. The number of aromatic nitrogens is 2. The minimum atomic E-state index is -0.614. The van der Waals surface area contributed by atoms with Gasteiger partial charge < -0.3 is 35.6 Å². The average Bonchev–Trinajstić information content (AvgIpc) is 2.96. The summed E-state index contributed by atoms with van der Waals surface area (Å²) in [6.45, 7) is 7.90. The molecule has 0 radical (unpaired) electrons. The third-order valence-corrected chi connectivity index (χ3v) is 8.75. The molecule has 3 saturated heterocycles. The molecule has 1 aromatic heterocycles. The van der Waals surface area contributed by atoms with Crippen LogP contribution in [0.4, 0.5) is 23.0 Å². The van der Waals surface area contributed by atoms with Crippen molar-refractivity contribution >= 4 is 28.9 Å². The number of hydrogen-bond acceptors (Lipinski definition) is 9. The van der Waals surface area contributed by atoms with Gasteiger partial charge in [-0.2, -0.15) is 0 Å². The molecule has 0 unspecified atom stereocenters. The molecule has 0 aliphatic carbocycles. The van der Waals surface area contributed by atoms with E-state index in [1.165, 1.54) is 38.8 Å². The van der Waals surface area contributed by atoms with E-state index in [1.807, 2.05) is 19.1 Å². The van der Waals surface area contributed by atoms with E-state index in [0.29, 0.717) is 23.5 Å². The van der Waals surface area contributed by atoms with Crippen LogP contribution < -0.4 is 26.0 Å². The zero-order valence-electron chi connectivity index (χ0n) is 23.6. The van der Waals surface area contributed by atoms with Gasteiger partial charge >= 0.3 is 0 Å². The summed E-state index contributed by atoms with van der Waals surface area (Å²) in [5.74, 6) is 1.19. The predicted molar refractivity (Wildman–Crippen MR) is 154 cm³/mol. The first-order valence-electron chi connectivity index (χ1n) is 14.3. The standard InChI is InChI=1S/C29H43N7O3/c1-4-22-27(31-20-7-17-39-18-8-20)34-28(25(33-22)26(30)37)32-21-5-6-23(24(19-21)38-3)36-15-11-29(12-16-36)9-13-35(2)14-10-29/h5-6,19-20H,4,7-18H2,1-3H3,(H2,30,37)(H2,31,32,34). The normalized spacial score (nSPS) is 20.1. The second-order valence-corrected chi connectivity index (χ2v) is 11.3. The minimum absolute atomic E-state index is 0.131. The highest BCUT2D eigenvalue weighted by atomic mass is 16.5. The number of anilines is 4. The molecular weight excluding hydrogens is 494 g/mol. The van der Waals surface area contributed by atoms with E-state index < -0.39 is 5.91 Å². The number of rotatable bonds is 8. The fourth-order valence-corrected chi connectivity index (χ4v) is 6.09. The topological polar surface area (TPSA) is 118 Å². The highest BCUT2D eigenvalue weighted by molar-refractivity contribution is 5.96. The molecule has 1 spiro atoms. The van der Waals surface area contributed by atoms with Crippen LogP contribution in [-0.2, 0) is 11.2 Å². The van der Waals surface area contributed by atoms with E-state index >= 15 is 0 Å². The molecule has 39 heavy (non-hydrogen) atoms. The molecular formula is C29H43N7O3. The average molecular weight is 538 g/mol. The molecule has 1 aromatic carbocycles. The number of hydrogen-bond donors (Lipinski definition) is 3. The van der Waals surface area contributed by atoms with Crippen LogP contribution in [0.5, 0.6) is 5.75 Å². The number of nitrogens with zero attached hydrogens (tertiary/aromatic N) is 4. The van der Waals surface area contributed by atoms with Gasteiger partial charge in [-0.25, -0.2) is 9.97 Å². The van der Waals surface area contributed by atoms with Gasteiger partial charge in [0.15, 0.2) is 17.3 Å². The van der Waals surface area contributed by atoms with Crippen LogP contribution in [0.2, 0.25) is 0 Å². The number of aryl methyl sites for hydroxylation is 1. The third kappa shape index (κ3) is 6.22. The first-order chi connectivity index (χ1) is 18.9. The molecule has 10 nitrogen and oxygen atoms in total. The van der Waals surface area contributed by atoms with E-state index in [0.717, 1.165) is 62.0 Å². The summed E-state index contributed by atoms with van der Waals surface area (Å²) in [5.41, 5.74) is 8.92. The van der Waals surface area contributed by atoms with E-state index in [-0.39, 0.29) is 11.7 Å². The lowest BCUT2D eigenvalue weighted by Gasteiger charge is -2.47. The summed E-state index contributed by atoms with van der Waals surface area (Å²) >= 11 is 0. The largest absolute Gasteiger partial charge is 0.495 e. The fraction of sp³-hybridized carbons (Fsp3) is 0.621. The fourth-order valence-electron chi connectivity index (χ4n) is 6.09. The maximum Gasteiger partial charge on any atom is 0.271 e. The van der Waals surface area contributed by atoms with Crippen molar-refractivity contribution in [2.45, 2.75) is 57.9 Å². The zero-order valence-corrected chi connectivity index (χ0v) is 23.6. The minimum Gasteiger partial charge on any atom is -0.495 e. The van der Waals surface area contributed by atoms with Crippen molar-refractivity contribution in [1.29, 1.82) is 0 Å². The molecule has 4 heterocycles. The Bertz CT molecular complexity index is 1150. The Morgan fingerprint density at radius 3 is 2.44 bits per heavy atom. The second-order valence-electron chi connectivity index (χ2n) is 11.3. The Morgan fingerprint density at radius 1 is 1.10 bits per heavy atom. The number of nitrogens with one attached hydrogen (secondary N) is 2. The highest BCUT2D eigenvalue weighted by Crippen LogP contribution is 2.43. The van der Waals surface area contributed by atoms with Crippen LogP contribution in [0.25, 0.3) is 0 Å². The monoisotopic (exact) mass is 537 g/mol. The maximum atomic E-state index is 12.3. The van der Waals surface area contributed by atoms with E-state index in [1.54, 1.807) is 7.11 Å². The van der Waals surface area contributed by atoms with Crippen LogP contribution in [0, 0.1) is 5.41 Å². The van der Waals surface area contributed by atoms with Crippen molar-refractivity contribution in [2.75, 3.05) is 69.1 Å². The van der Waals surface area contributed by atoms with Gasteiger partial charge in [0.2, 0.25) is 0 Å². The SMILES string of the molecule is CCc1nc(C(N)=O)c(Nc2ccc(N3CCC4(CCN(C)CC4)CC3)c(OC)c2)nc1NC1CCOCC1. The van der Waals surface area contributed by atoms with Crippen molar-refractivity contribution in [3.8, 4) is 5.75 Å². The lowest BCUT2D eigenvalue weighted by atomic mass is 9.71. The third-order valence-electron chi connectivity index (χ3n) is 8.75. The zero-order chi connectivity index (χ0) is 27.4. The molecule has 1 amide bonds. The number of piperidine rings is 2. The number of methoxy groups -OCH3 is 1. The number of likely N-dealkylation sites (tertiary alicyclic amines) is 1. The predicted octanol–water partition coefficient (Wildman–Crippen LogP) is 3.79. The Labute approximate surface area is 231 Å². The van der Waals surface area contributed by atoms with Gasteiger partial charge in [-0.05, 0) is 82.6 Å². The molecule has 0 atom stereocenters. The van der Waals surface area contributed by atoms with Gasteiger partial charge in [-0.15, -0.1) is 0 Å². The van der Waals surface area contributed by atoms with Gasteiger partial charge in [0.1, 0.15) is 5.75 Å². The second kappa shape index (κ2) is 12.0. The van der Waals surface area contributed by atoms with Crippen molar-refractivity contribution in [1.82, 2.24) is 14.9 Å². The molecule has 212 valence electrons. The number of nitrogens with two attached hydrogens (primary N) is 1. The summed E-state index contributed by atoms with van der Waals surface area (Å²) < 4.78 is 11.3. The number of primary amides is 1. The number of carbonyl (C=O) groups excluding carboxylic acids is 1.